The van der Waals surface area contributed by atoms with E-state index in [0.29, 0.717) is 0 Å². The van der Waals surface area contributed by atoms with E-state index in [1.165, 1.54) is 47.2 Å². The molecule has 120 valence electrons. The van der Waals surface area contributed by atoms with Gasteiger partial charge in [-0.2, -0.15) is 0 Å². The molecule has 0 spiro atoms. The number of ether oxygens (including phenoxy) is 1. The van der Waals surface area contributed by atoms with Gasteiger partial charge in [-0.1, -0.05) is 48.5 Å². The lowest BCUT2D eigenvalue weighted by Gasteiger charge is -2.18. The van der Waals surface area contributed by atoms with E-state index >= 15 is 0 Å². The Morgan fingerprint density at radius 3 is 2.25 bits per heavy atom. The summed E-state index contributed by atoms with van der Waals surface area (Å²) in [5.74, 6) is 0. The maximum atomic E-state index is 4.71. The molecule has 2 aliphatic rings. The molecule has 0 unspecified atom stereocenters. The van der Waals surface area contributed by atoms with Gasteiger partial charge in [-0.15, -0.1) is 0 Å². The van der Waals surface area contributed by atoms with Crippen LogP contribution >= 0.6 is 0 Å². The Bertz CT molecular complexity index is 898. The first-order valence-electron chi connectivity index (χ1n) is 8.81. The van der Waals surface area contributed by atoms with Gasteiger partial charge in [0.15, 0.2) is 0 Å². The highest BCUT2D eigenvalue weighted by Gasteiger charge is 2.13. The maximum absolute atomic E-state index is 4.71. The van der Waals surface area contributed by atoms with Gasteiger partial charge in [-0.3, -0.25) is 0 Å². The summed E-state index contributed by atoms with van der Waals surface area (Å²) in [5, 5.41) is 5.64. The summed E-state index contributed by atoms with van der Waals surface area (Å²) in [6.07, 6.45) is 13.5. The number of hydrogen-bond acceptors (Lipinski definition) is 1. The number of rotatable bonds is 0. The molecular formula is C23H22O. The van der Waals surface area contributed by atoms with Gasteiger partial charge in [0.1, 0.15) is 0 Å². The predicted octanol–water partition coefficient (Wildman–Crippen LogP) is 6.31. The summed E-state index contributed by atoms with van der Waals surface area (Å²) in [5.41, 5.74) is 3.17. The van der Waals surface area contributed by atoms with Crippen molar-refractivity contribution in [3.05, 3.63) is 84.3 Å². The number of fused-ring (bicyclic) bond motifs is 5. The number of hydrogen-bond donors (Lipinski definition) is 0. The summed E-state index contributed by atoms with van der Waals surface area (Å²) in [7, 11) is 0. The van der Waals surface area contributed by atoms with Gasteiger partial charge < -0.3 is 4.74 Å². The summed E-state index contributed by atoms with van der Waals surface area (Å²) < 4.78 is 4.71. The van der Waals surface area contributed by atoms with E-state index in [4.69, 9.17) is 4.74 Å². The topological polar surface area (TPSA) is 9.23 Å². The van der Waals surface area contributed by atoms with Crippen LogP contribution in [0.25, 0.3) is 21.5 Å². The third kappa shape index (κ3) is 2.94. The van der Waals surface area contributed by atoms with Crippen LogP contribution in [0.5, 0.6) is 0 Å². The number of allylic oxidation sites excluding steroid dienone is 2. The van der Waals surface area contributed by atoms with E-state index in [9.17, 15) is 0 Å². The molecule has 5 rings (SSSR count). The molecule has 0 saturated heterocycles. The van der Waals surface area contributed by atoms with Crippen LogP contribution < -0.4 is 0 Å². The lowest BCUT2D eigenvalue weighted by molar-refractivity contribution is 0.393. The van der Waals surface area contributed by atoms with Crippen molar-refractivity contribution in [3.8, 4) is 0 Å². The molecule has 1 aliphatic carbocycles. The summed E-state index contributed by atoms with van der Waals surface area (Å²) in [6.45, 7) is 0. The van der Waals surface area contributed by atoms with E-state index in [0.717, 1.165) is 6.42 Å². The number of benzene rings is 3. The van der Waals surface area contributed by atoms with Gasteiger partial charge in [-0.25, -0.2) is 0 Å². The molecule has 0 saturated carbocycles. The first-order chi connectivity index (χ1) is 11.9. The molecule has 3 aromatic rings. The Balaban J connectivity index is 0.000000207. The lowest BCUT2D eigenvalue weighted by atomic mass is 9.86. The lowest BCUT2D eigenvalue weighted by Crippen LogP contribution is -2.02. The second-order valence-corrected chi connectivity index (χ2v) is 6.41. The van der Waals surface area contributed by atoms with Gasteiger partial charge in [0, 0.05) is 0 Å². The van der Waals surface area contributed by atoms with Crippen LogP contribution in [-0.2, 0) is 17.6 Å². The highest BCUT2D eigenvalue weighted by Crippen LogP contribution is 2.33. The van der Waals surface area contributed by atoms with Crippen LogP contribution in [0.1, 0.15) is 30.4 Å². The Labute approximate surface area is 143 Å². The second-order valence-electron chi connectivity index (χ2n) is 6.41. The quantitative estimate of drug-likeness (QED) is 0.442. The van der Waals surface area contributed by atoms with E-state index in [1.807, 2.05) is 12.2 Å². The molecule has 0 fully saturated rings. The monoisotopic (exact) mass is 314 g/mol. The molecule has 1 heterocycles. The third-order valence-corrected chi connectivity index (χ3v) is 4.88. The number of aryl methyl sites for hydroxylation is 2. The fraction of sp³-hybridized carbons (Fsp3) is 0.217. The smallest absolute Gasteiger partial charge is 0.0864 e. The van der Waals surface area contributed by atoms with Gasteiger partial charge in [0.2, 0.25) is 0 Å². The normalized spacial score (nSPS) is 15.5. The first kappa shape index (κ1) is 15.0. The molecule has 0 aromatic heterocycles. The SMILES string of the molecule is C1=COC=CC1.c1ccc2c(c1)ccc1c3c(ccc12)CCCC3. The van der Waals surface area contributed by atoms with E-state index in [1.54, 1.807) is 23.7 Å². The molecule has 1 heteroatoms. The average Bonchev–Trinajstić information content (AvgIpc) is 2.69. The molecule has 0 atom stereocenters. The zero-order valence-electron chi connectivity index (χ0n) is 13.9. The minimum Gasteiger partial charge on any atom is -0.473 e. The largest absolute Gasteiger partial charge is 0.473 e. The molecule has 0 bridgehead atoms. The molecule has 0 amide bonds. The molecule has 1 nitrogen and oxygen atoms in total. The van der Waals surface area contributed by atoms with Crippen molar-refractivity contribution < 1.29 is 4.74 Å². The average molecular weight is 314 g/mol. The van der Waals surface area contributed by atoms with Crippen molar-refractivity contribution >= 4 is 21.5 Å². The van der Waals surface area contributed by atoms with Gasteiger partial charge in [0.25, 0.3) is 0 Å². The summed E-state index contributed by atoms with van der Waals surface area (Å²) in [6, 6.07) is 18.0. The molecular weight excluding hydrogens is 292 g/mol. The minimum atomic E-state index is 1.01. The molecule has 24 heavy (non-hydrogen) atoms. The highest BCUT2D eigenvalue weighted by atomic mass is 16.5. The third-order valence-electron chi connectivity index (χ3n) is 4.88. The van der Waals surface area contributed by atoms with Crippen molar-refractivity contribution in [2.75, 3.05) is 0 Å². The summed E-state index contributed by atoms with van der Waals surface area (Å²) in [4.78, 5) is 0. The summed E-state index contributed by atoms with van der Waals surface area (Å²) >= 11 is 0. The Kier molecular flexibility index (Phi) is 4.33. The van der Waals surface area contributed by atoms with E-state index in [2.05, 4.69) is 48.5 Å². The van der Waals surface area contributed by atoms with Gasteiger partial charge in [0.05, 0.1) is 12.5 Å². The minimum absolute atomic E-state index is 1.01. The van der Waals surface area contributed by atoms with Crippen molar-refractivity contribution in [3.63, 3.8) is 0 Å². The molecule has 0 N–H and O–H groups in total. The maximum Gasteiger partial charge on any atom is 0.0864 e. The Morgan fingerprint density at radius 2 is 1.46 bits per heavy atom. The molecule has 3 aromatic carbocycles. The van der Waals surface area contributed by atoms with Gasteiger partial charge >= 0.3 is 0 Å². The zero-order chi connectivity index (χ0) is 16.2. The van der Waals surface area contributed by atoms with Crippen LogP contribution in [0.2, 0.25) is 0 Å². The highest BCUT2D eigenvalue weighted by molar-refractivity contribution is 6.08. The standard InChI is InChI=1S/C18H16.C5H6O/c1-3-7-15-13(5-1)9-11-18-16-8-4-2-6-14(16)10-12-17(15)18;1-2-4-6-5-3-1/h1,3,5,7,9-12H,2,4,6,8H2;2-5H,1H2. The van der Waals surface area contributed by atoms with Gasteiger partial charge in [-0.05, 0) is 76.9 Å². The second kappa shape index (κ2) is 6.92. The van der Waals surface area contributed by atoms with Crippen LogP contribution in [0.4, 0.5) is 0 Å². The predicted molar refractivity (Wildman–Crippen MR) is 102 cm³/mol. The Hall–Kier alpha value is -2.54. The molecule has 0 radical (unpaired) electrons. The van der Waals surface area contributed by atoms with Crippen LogP contribution in [0.3, 0.4) is 0 Å². The Morgan fingerprint density at radius 1 is 0.667 bits per heavy atom. The zero-order valence-corrected chi connectivity index (χ0v) is 13.9. The van der Waals surface area contributed by atoms with Crippen molar-refractivity contribution in [1.29, 1.82) is 0 Å². The van der Waals surface area contributed by atoms with E-state index in [-0.39, 0.29) is 0 Å². The van der Waals surface area contributed by atoms with Crippen LogP contribution in [-0.4, -0.2) is 0 Å². The van der Waals surface area contributed by atoms with Crippen molar-refractivity contribution in [2.24, 2.45) is 0 Å². The van der Waals surface area contributed by atoms with Crippen LogP contribution in [0.15, 0.2) is 73.2 Å². The van der Waals surface area contributed by atoms with E-state index < -0.39 is 0 Å². The fourth-order valence-corrected chi connectivity index (χ4v) is 3.69. The van der Waals surface area contributed by atoms with Crippen molar-refractivity contribution in [2.45, 2.75) is 32.1 Å². The molecule has 1 aliphatic heterocycles. The van der Waals surface area contributed by atoms with Crippen LogP contribution in [0, 0.1) is 0 Å². The first-order valence-corrected chi connectivity index (χ1v) is 8.81. The fourth-order valence-electron chi connectivity index (χ4n) is 3.69. The van der Waals surface area contributed by atoms with Crippen molar-refractivity contribution in [1.82, 2.24) is 0 Å².